The molecule has 0 aliphatic rings. The second-order valence-electron chi connectivity index (χ2n) is 11.3. The third-order valence-corrected chi connectivity index (χ3v) is 8.47. The second kappa shape index (κ2) is 10.2. The van der Waals surface area contributed by atoms with Gasteiger partial charge in [-0.2, -0.15) is 0 Å². The molecule has 0 saturated carbocycles. The average Bonchev–Trinajstić information content (AvgIpc) is 3.50. The number of para-hydroxylation sites is 1. The third-order valence-electron chi connectivity index (χ3n) is 8.47. The Labute approximate surface area is 259 Å². The molecule has 0 bridgehead atoms. The smallest absolute Gasteiger partial charge is 0.164 e. The minimum absolute atomic E-state index is 0.612. The number of nitrogens with zero attached hydrogens (tertiary/aromatic N) is 3. The Bertz CT molecular complexity index is 2450. The minimum atomic E-state index is 0.612. The van der Waals surface area contributed by atoms with E-state index in [0.717, 1.165) is 60.5 Å². The Morgan fingerprint density at radius 1 is 0.356 bits per heavy atom. The Kier molecular flexibility index (Phi) is 5.78. The molecule has 7 aromatic carbocycles. The van der Waals surface area contributed by atoms with Gasteiger partial charge in [0.1, 0.15) is 11.2 Å². The summed E-state index contributed by atoms with van der Waals surface area (Å²) in [6.07, 6.45) is 0. The summed E-state index contributed by atoms with van der Waals surface area (Å²) in [5.41, 5.74) is 6.56. The van der Waals surface area contributed by atoms with Crippen molar-refractivity contribution >= 4 is 43.5 Å². The van der Waals surface area contributed by atoms with Crippen molar-refractivity contribution in [3.8, 4) is 45.3 Å². The topological polar surface area (TPSA) is 51.8 Å². The van der Waals surface area contributed by atoms with E-state index in [2.05, 4.69) is 127 Å². The molecule has 0 aliphatic heterocycles. The van der Waals surface area contributed by atoms with Gasteiger partial charge < -0.3 is 4.42 Å². The number of benzene rings is 7. The van der Waals surface area contributed by atoms with Crippen LogP contribution in [0.25, 0.3) is 88.8 Å². The highest BCUT2D eigenvalue weighted by Crippen LogP contribution is 2.39. The minimum Gasteiger partial charge on any atom is -0.455 e. The number of hydrogen-bond donors (Lipinski definition) is 0. The number of aromatic nitrogens is 3. The lowest BCUT2D eigenvalue weighted by molar-refractivity contribution is 0.670. The molecule has 9 rings (SSSR count). The highest BCUT2D eigenvalue weighted by Gasteiger charge is 2.18. The molecule has 0 fully saturated rings. The molecular weight excluding hydrogens is 550 g/mol. The summed E-state index contributed by atoms with van der Waals surface area (Å²) >= 11 is 0. The van der Waals surface area contributed by atoms with E-state index >= 15 is 0 Å². The Balaban J connectivity index is 1.32. The van der Waals surface area contributed by atoms with Gasteiger partial charge in [0.15, 0.2) is 17.5 Å². The van der Waals surface area contributed by atoms with Gasteiger partial charge in [0.25, 0.3) is 0 Å². The van der Waals surface area contributed by atoms with Crippen molar-refractivity contribution in [2.24, 2.45) is 0 Å². The van der Waals surface area contributed by atoms with Crippen molar-refractivity contribution in [1.82, 2.24) is 15.0 Å². The third kappa shape index (κ3) is 4.43. The van der Waals surface area contributed by atoms with E-state index in [-0.39, 0.29) is 0 Å². The summed E-state index contributed by atoms with van der Waals surface area (Å²) in [5.74, 6) is 1.88. The first kappa shape index (κ1) is 25.4. The molecule has 0 aliphatic carbocycles. The quantitative estimate of drug-likeness (QED) is 0.209. The molecule has 2 aromatic heterocycles. The van der Waals surface area contributed by atoms with Crippen LogP contribution in [0.1, 0.15) is 0 Å². The summed E-state index contributed by atoms with van der Waals surface area (Å²) < 4.78 is 6.44. The highest BCUT2D eigenvalue weighted by molar-refractivity contribution is 6.11. The normalized spacial score (nSPS) is 11.6. The predicted molar refractivity (Wildman–Crippen MR) is 184 cm³/mol. The summed E-state index contributed by atoms with van der Waals surface area (Å²) in [6, 6.07) is 52.3. The molecule has 9 aromatic rings. The Hall–Kier alpha value is -6.13. The van der Waals surface area contributed by atoms with Crippen LogP contribution in [0.15, 0.2) is 156 Å². The predicted octanol–water partition coefficient (Wildman–Crippen LogP) is 10.7. The van der Waals surface area contributed by atoms with Crippen molar-refractivity contribution in [2.75, 3.05) is 0 Å². The molecule has 0 saturated heterocycles. The van der Waals surface area contributed by atoms with Crippen molar-refractivity contribution in [2.45, 2.75) is 0 Å². The largest absolute Gasteiger partial charge is 0.455 e. The lowest BCUT2D eigenvalue weighted by Gasteiger charge is -2.11. The number of fused-ring (bicyclic) bond motifs is 5. The van der Waals surface area contributed by atoms with Gasteiger partial charge in [0.05, 0.1) is 0 Å². The van der Waals surface area contributed by atoms with E-state index in [4.69, 9.17) is 19.4 Å². The molecular formula is C41H25N3O. The lowest BCUT2D eigenvalue weighted by atomic mass is 9.98. The highest BCUT2D eigenvalue weighted by atomic mass is 16.3. The van der Waals surface area contributed by atoms with E-state index in [0.29, 0.717) is 17.5 Å². The van der Waals surface area contributed by atoms with Crippen molar-refractivity contribution in [1.29, 1.82) is 0 Å². The van der Waals surface area contributed by atoms with Gasteiger partial charge in [-0.25, -0.2) is 15.0 Å². The van der Waals surface area contributed by atoms with Crippen molar-refractivity contribution in [3.63, 3.8) is 0 Å². The van der Waals surface area contributed by atoms with Crippen LogP contribution in [0.4, 0.5) is 0 Å². The summed E-state index contributed by atoms with van der Waals surface area (Å²) in [6.45, 7) is 0. The van der Waals surface area contributed by atoms with E-state index in [1.54, 1.807) is 0 Å². The van der Waals surface area contributed by atoms with Crippen molar-refractivity contribution in [3.05, 3.63) is 152 Å². The molecule has 2 heterocycles. The first-order valence-corrected chi connectivity index (χ1v) is 15.0. The van der Waals surface area contributed by atoms with Gasteiger partial charge >= 0.3 is 0 Å². The molecule has 0 spiro atoms. The first-order valence-electron chi connectivity index (χ1n) is 15.0. The molecule has 0 radical (unpaired) electrons. The van der Waals surface area contributed by atoms with Gasteiger partial charge in [-0.1, -0.05) is 121 Å². The monoisotopic (exact) mass is 575 g/mol. The van der Waals surface area contributed by atoms with Crippen LogP contribution in [0, 0.1) is 0 Å². The van der Waals surface area contributed by atoms with Gasteiger partial charge in [-0.3, -0.25) is 0 Å². The zero-order valence-corrected chi connectivity index (χ0v) is 24.2. The zero-order valence-electron chi connectivity index (χ0n) is 24.2. The Morgan fingerprint density at radius 2 is 0.889 bits per heavy atom. The zero-order chi connectivity index (χ0) is 29.7. The molecule has 45 heavy (non-hydrogen) atoms. The van der Waals surface area contributed by atoms with E-state index < -0.39 is 0 Å². The number of rotatable bonds is 4. The first-order chi connectivity index (χ1) is 22.3. The fraction of sp³-hybridized carbons (Fsp3) is 0. The van der Waals surface area contributed by atoms with Gasteiger partial charge in [-0.15, -0.1) is 0 Å². The van der Waals surface area contributed by atoms with E-state index in [9.17, 15) is 0 Å². The summed E-state index contributed by atoms with van der Waals surface area (Å²) in [7, 11) is 0. The Morgan fingerprint density at radius 3 is 1.53 bits per heavy atom. The number of furan rings is 1. The maximum atomic E-state index is 6.44. The van der Waals surface area contributed by atoms with Crippen LogP contribution in [-0.4, -0.2) is 15.0 Å². The van der Waals surface area contributed by atoms with Gasteiger partial charge in [0.2, 0.25) is 0 Å². The average molecular weight is 576 g/mol. The van der Waals surface area contributed by atoms with Crippen LogP contribution in [0.2, 0.25) is 0 Å². The van der Waals surface area contributed by atoms with Crippen LogP contribution in [0.3, 0.4) is 0 Å². The maximum Gasteiger partial charge on any atom is 0.164 e. The fourth-order valence-electron chi connectivity index (χ4n) is 6.21. The lowest BCUT2D eigenvalue weighted by Crippen LogP contribution is -2.00. The SMILES string of the molecule is c1ccc(-c2cc(-c3nc(-c4ccc5ccccc5c4)nc(-c4ccc5ccccc5c4)n3)cc3c2oc2ccccc23)cc1. The molecule has 4 heteroatoms. The van der Waals surface area contributed by atoms with E-state index in [1.165, 1.54) is 10.8 Å². The van der Waals surface area contributed by atoms with Crippen LogP contribution >= 0.6 is 0 Å². The molecule has 210 valence electrons. The van der Waals surface area contributed by atoms with Crippen molar-refractivity contribution < 1.29 is 4.42 Å². The van der Waals surface area contributed by atoms with E-state index in [1.807, 2.05) is 24.3 Å². The standard InChI is InChI=1S/C41H25N3O/c1-2-12-28(13-3-1)35-24-33(25-36-34-16-8-9-17-37(34)45-38(35)36)41-43-39(31-20-18-26-10-4-6-14-29(26)22-31)42-40(44-41)32-21-19-27-11-5-7-15-30(27)23-32/h1-25H. The molecule has 0 unspecified atom stereocenters. The molecule has 0 atom stereocenters. The summed E-state index contributed by atoms with van der Waals surface area (Å²) in [5, 5.41) is 6.72. The van der Waals surface area contributed by atoms with Gasteiger partial charge in [-0.05, 0) is 57.4 Å². The second-order valence-corrected chi connectivity index (χ2v) is 11.3. The fourth-order valence-corrected chi connectivity index (χ4v) is 6.21. The van der Waals surface area contributed by atoms with Gasteiger partial charge in [0, 0.05) is 33.0 Å². The molecule has 0 amide bonds. The van der Waals surface area contributed by atoms with Crippen LogP contribution < -0.4 is 0 Å². The maximum absolute atomic E-state index is 6.44. The summed E-state index contributed by atoms with van der Waals surface area (Å²) in [4.78, 5) is 15.3. The van der Waals surface area contributed by atoms with Crippen LogP contribution in [0.5, 0.6) is 0 Å². The molecule has 0 N–H and O–H groups in total. The molecule has 4 nitrogen and oxygen atoms in total. The number of hydrogen-bond acceptors (Lipinski definition) is 4. The van der Waals surface area contributed by atoms with Crippen LogP contribution in [-0.2, 0) is 0 Å².